The van der Waals surface area contributed by atoms with Crippen LogP contribution < -0.4 is 5.32 Å². The molecule has 2 heterocycles. The largest absolute Gasteiger partial charge is 0.381 e. The van der Waals surface area contributed by atoms with Gasteiger partial charge in [-0.1, -0.05) is 13.8 Å². The molecule has 0 radical (unpaired) electrons. The molecule has 2 aliphatic heterocycles. The number of rotatable bonds is 4. The van der Waals surface area contributed by atoms with Crippen LogP contribution in [0.3, 0.4) is 0 Å². The monoisotopic (exact) mass is 282 g/mol. The van der Waals surface area contributed by atoms with Gasteiger partial charge in [0.25, 0.3) is 0 Å². The summed E-state index contributed by atoms with van der Waals surface area (Å²) in [6, 6.07) is -0.854. The Morgan fingerprint density at radius 1 is 1.35 bits per heavy atom. The summed E-state index contributed by atoms with van der Waals surface area (Å²) in [5.41, 5.74) is -1.11. The molecule has 6 heteroatoms. The van der Waals surface area contributed by atoms with Crippen molar-refractivity contribution < 1.29 is 19.1 Å². The third-order valence-electron chi connectivity index (χ3n) is 4.76. The Morgan fingerprint density at radius 3 is 2.50 bits per heavy atom. The molecule has 6 nitrogen and oxygen atoms in total. The van der Waals surface area contributed by atoms with Gasteiger partial charge >= 0.3 is 6.03 Å². The first-order valence-corrected chi connectivity index (χ1v) is 7.24. The first-order chi connectivity index (χ1) is 9.47. The highest BCUT2D eigenvalue weighted by Gasteiger charge is 2.53. The number of nitrogens with zero attached hydrogens (tertiary/aromatic N) is 1. The fourth-order valence-electron chi connectivity index (χ4n) is 3.08. The van der Waals surface area contributed by atoms with Crippen molar-refractivity contribution in [3.63, 3.8) is 0 Å². The van der Waals surface area contributed by atoms with Gasteiger partial charge in [-0.2, -0.15) is 0 Å². The highest BCUT2D eigenvalue weighted by molar-refractivity contribution is 6.19. The van der Waals surface area contributed by atoms with Gasteiger partial charge in [-0.15, -0.1) is 0 Å². The SMILES string of the molecule is CCC1(CC)C(=O)NC(=O)N(C(C)C2CCOC2)C1=O. The highest BCUT2D eigenvalue weighted by atomic mass is 16.5. The fraction of sp³-hybridized carbons (Fsp3) is 0.786. The summed E-state index contributed by atoms with van der Waals surface area (Å²) in [4.78, 5) is 38.1. The molecule has 0 aliphatic carbocycles. The van der Waals surface area contributed by atoms with E-state index >= 15 is 0 Å². The van der Waals surface area contributed by atoms with E-state index in [1.54, 1.807) is 13.8 Å². The minimum absolute atomic E-state index is 0.143. The van der Waals surface area contributed by atoms with Crippen molar-refractivity contribution in [3.8, 4) is 0 Å². The molecule has 4 amide bonds. The van der Waals surface area contributed by atoms with Crippen molar-refractivity contribution in [1.29, 1.82) is 0 Å². The van der Waals surface area contributed by atoms with Gasteiger partial charge in [0.2, 0.25) is 11.8 Å². The molecule has 1 N–H and O–H groups in total. The Kier molecular flexibility index (Phi) is 4.13. The van der Waals surface area contributed by atoms with Gasteiger partial charge in [-0.3, -0.25) is 19.8 Å². The number of hydrogen-bond donors (Lipinski definition) is 1. The third-order valence-corrected chi connectivity index (χ3v) is 4.76. The third kappa shape index (κ3) is 2.12. The van der Waals surface area contributed by atoms with E-state index in [-0.39, 0.29) is 17.9 Å². The van der Waals surface area contributed by atoms with E-state index < -0.39 is 17.4 Å². The van der Waals surface area contributed by atoms with Crippen LogP contribution in [0.15, 0.2) is 0 Å². The second kappa shape index (κ2) is 5.52. The van der Waals surface area contributed by atoms with Gasteiger partial charge in [-0.05, 0) is 26.2 Å². The standard InChI is InChI=1S/C14H22N2O4/c1-4-14(5-2)11(17)15-13(19)16(12(14)18)9(3)10-6-7-20-8-10/h9-10H,4-8H2,1-3H3,(H,15,17,19). The van der Waals surface area contributed by atoms with E-state index in [1.807, 2.05) is 6.92 Å². The maximum atomic E-state index is 12.7. The smallest absolute Gasteiger partial charge is 0.331 e. The molecule has 0 spiro atoms. The number of barbiturate groups is 1. The molecule has 0 aromatic rings. The van der Waals surface area contributed by atoms with E-state index in [2.05, 4.69) is 5.32 Å². The lowest BCUT2D eigenvalue weighted by Gasteiger charge is -2.42. The Hall–Kier alpha value is -1.43. The molecule has 2 atom stereocenters. The lowest BCUT2D eigenvalue weighted by Crippen LogP contribution is -2.66. The van der Waals surface area contributed by atoms with Crippen LogP contribution >= 0.6 is 0 Å². The molecule has 20 heavy (non-hydrogen) atoms. The highest BCUT2D eigenvalue weighted by Crippen LogP contribution is 2.35. The first kappa shape index (κ1) is 15.0. The van der Waals surface area contributed by atoms with E-state index in [0.717, 1.165) is 6.42 Å². The Morgan fingerprint density at radius 2 is 2.00 bits per heavy atom. The zero-order valence-corrected chi connectivity index (χ0v) is 12.3. The van der Waals surface area contributed by atoms with Gasteiger partial charge in [0.05, 0.1) is 6.61 Å². The molecule has 0 saturated carbocycles. The summed E-state index contributed by atoms with van der Waals surface area (Å²) in [6.07, 6.45) is 1.62. The van der Waals surface area contributed by atoms with Crippen molar-refractivity contribution in [2.75, 3.05) is 13.2 Å². The molecule has 0 bridgehead atoms. The zero-order valence-electron chi connectivity index (χ0n) is 12.3. The number of urea groups is 1. The van der Waals surface area contributed by atoms with Crippen molar-refractivity contribution in [2.24, 2.45) is 11.3 Å². The zero-order chi connectivity index (χ0) is 14.9. The van der Waals surface area contributed by atoms with Crippen LogP contribution in [0.4, 0.5) is 4.79 Å². The van der Waals surface area contributed by atoms with Crippen LogP contribution in [0.1, 0.15) is 40.0 Å². The molecular weight excluding hydrogens is 260 g/mol. The van der Waals surface area contributed by atoms with E-state index in [4.69, 9.17) is 4.74 Å². The van der Waals surface area contributed by atoms with Crippen molar-refractivity contribution >= 4 is 17.8 Å². The molecule has 2 unspecified atom stereocenters. The molecule has 2 saturated heterocycles. The number of hydrogen-bond acceptors (Lipinski definition) is 4. The number of carbonyl (C=O) groups excluding carboxylic acids is 3. The maximum absolute atomic E-state index is 12.7. The summed E-state index contributed by atoms with van der Waals surface area (Å²) in [5.74, 6) is -0.691. The van der Waals surface area contributed by atoms with Gasteiger partial charge in [-0.25, -0.2) is 4.79 Å². The van der Waals surface area contributed by atoms with Crippen molar-refractivity contribution in [3.05, 3.63) is 0 Å². The van der Waals surface area contributed by atoms with Crippen LogP contribution in [-0.4, -0.2) is 42.0 Å². The van der Waals surface area contributed by atoms with Crippen LogP contribution in [0.25, 0.3) is 0 Å². The second-order valence-corrected chi connectivity index (χ2v) is 5.59. The Balaban J connectivity index is 2.29. The molecular formula is C14H22N2O4. The van der Waals surface area contributed by atoms with Crippen LogP contribution in [-0.2, 0) is 14.3 Å². The Labute approximate surface area is 118 Å². The number of ether oxygens (including phenoxy) is 1. The molecule has 2 aliphatic rings. The predicted molar refractivity (Wildman–Crippen MR) is 71.8 cm³/mol. The predicted octanol–water partition coefficient (Wildman–Crippen LogP) is 1.30. The lowest BCUT2D eigenvalue weighted by atomic mass is 9.78. The molecule has 112 valence electrons. The summed E-state index contributed by atoms with van der Waals surface area (Å²) in [5, 5.41) is 2.34. The van der Waals surface area contributed by atoms with Gasteiger partial charge in [0.1, 0.15) is 5.41 Å². The molecule has 0 aromatic carbocycles. The van der Waals surface area contributed by atoms with Crippen molar-refractivity contribution in [1.82, 2.24) is 10.2 Å². The van der Waals surface area contributed by atoms with Crippen molar-refractivity contribution in [2.45, 2.75) is 46.1 Å². The van der Waals surface area contributed by atoms with E-state index in [1.165, 1.54) is 4.90 Å². The first-order valence-electron chi connectivity index (χ1n) is 7.24. The lowest BCUT2D eigenvalue weighted by molar-refractivity contribution is -0.154. The normalized spacial score (nSPS) is 27.6. The second-order valence-electron chi connectivity index (χ2n) is 5.59. The Bertz CT molecular complexity index is 425. The average Bonchev–Trinajstić information content (AvgIpc) is 2.93. The van der Waals surface area contributed by atoms with Gasteiger partial charge in [0.15, 0.2) is 0 Å². The maximum Gasteiger partial charge on any atom is 0.331 e. The summed E-state index contributed by atoms with van der Waals surface area (Å²) >= 11 is 0. The fourth-order valence-corrected chi connectivity index (χ4v) is 3.08. The molecule has 2 rings (SSSR count). The number of amides is 4. The van der Waals surface area contributed by atoms with Crippen LogP contribution in [0, 0.1) is 11.3 Å². The molecule has 2 fully saturated rings. The minimum atomic E-state index is -1.11. The summed E-state index contributed by atoms with van der Waals surface area (Å²) < 4.78 is 5.33. The minimum Gasteiger partial charge on any atom is -0.381 e. The van der Waals surface area contributed by atoms with E-state index in [0.29, 0.717) is 26.1 Å². The average molecular weight is 282 g/mol. The summed E-state index contributed by atoms with van der Waals surface area (Å²) in [6.45, 7) is 6.67. The van der Waals surface area contributed by atoms with E-state index in [9.17, 15) is 14.4 Å². The summed E-state index contributed by atoms with van der Waals surface area (Å²) in [7, 11) is 0. The van der Waals surface area contributed by atoms with Crippen LogP contribution in [0.5, 0.6) is 0 Å². The topological polar surface area (TPSA) is 75.7 Å². The number of carbonyl (C=O) groups is 3. The van der Waals surface area contributed by atoms with Gasteiger partial charge in [0, 0.05) is 18.6 Å². The number of imide groups is 2. The molecule has 0 aromatic heterocycles. The van der Waals surface area contributed by atoms with Gasteiger partial charge < -0.3 is 4.74 Å². The van der Waals surface area contributed by atoms with Crippen LogP contribution in [0.2, 0.25) is 0 Å². The quantitative estimate of drug-likeness (QED) is 0.788. The number of nitrogens with one attached hydrogen (secondary N) is 1.